The van der Waals surface area contributed by atoms with Crippen LogP contribution in [0.4, 0.5) is 0 Å². The van der Waals surface area contributed by atoms with E-state index < -0.39 is 0 Å². The van der Waals surface area contributed by atoms with E-state index in [-0.39, 0.29) is 0 Å². The second-order valence-corrected chi connectivity index (χ2v) is 3.44. The van der Waals surface area contributed by atoms with Gasteiger partial charge in [-0.15, -0.1) is 0 Å². The van der Waals surface area contributed by atoms with Gasteiger partial charge in [-0.05, 0) is 12.0 Å². The Morgan fingerprint density at radius 3 is 2.86 bits per heavy atom. The number of aryl methyl sites for hydroxylation is 2. The van der Waals surface area contributed by atoms with Gasteiger partial charge in [0.1, 0.15) is 0 Å². The lowest BCUT2D eigenvalue weighted by Crippen LogP contribution is -2.00. The van der Waals surface area contributed by atoms with Crippen molar-refractivity contribution < 1.29 is 0 Å². The average molecular weight is 189 g/mol. The molecule has 1 aromatic carbocycles. The van der Waals surface area contributed by atoms with E-state index in [0.29, 0.717) is 6.54 Å². The summed E-state index contributed by atoms with van der Waals surface area (Å²) in [6.07, 6.45) is 0.964. The number of para-hydroxylation sites is 1. The topological polar surface area (TPSA) is 43.8 Å². The third kappa shape index (κ3) is 1.21. The van der Waals surface area contributed by atoms with Gasteiger partial charge in [0.25, 0.3) is 0 Å². The first kappa shape index (κ1) is 9.21. The molecule has 3 nitrogen and oxygen atoms in total. The molecule has 0 radical (unpaired) electrons. The highest BCUT2D eigenvalue weighted by molar-refractivity contribution is 5.85. The fourth-order valence-corrected chi connectivity index (χ4v) is 1.92. The molecule has 0 aliphatic heterocycles. The van der Waals surface area contributed by atoms with E-state index in [0.717, 1.165) is 17.7 Å². The van der Waals surface area contributed by atoms with Gasteiger partial charge in [0.2, 0.25) is 0 Å². The lowest BCUT2D eigenvalue weighted by atomic mass is 10.1. The largest absolute Gasteiger partial charge is 0.326 e. The molecule has 0 aliphatic rings. The van der Waals surface area contributed by atoms with Crippen LogP contribution in [-0.4, -0.2) is 9.78 Å². The van der Waals surface area contributed by atoms with Gasteiger partial charge in [0.05, 0.1) is 11.2 Å². The summed E-state index contributed by atoms with van der Waals surface area (Å²) < 4.78 is 1.93. The molecule has 0 bridgehead atoms. The number of hydrogen-bond donors (Lipinski definition) is 1. The highest BCUT2D eigenvalue weighted by Crippen LogP contribution is 2.21. The zero-order chi connectivity index (χ0) is 10.1. The van der Waals surface area contributed by atoms with E-state index in [1.807, 2.05) is 17.8 Å². The molecule has 0 fully saturated rings. The summed E-state index contributed by atoms with van der Waals surface area (Å²) in [4.78, 5) is 0. The summed E-state index contributed by atoms with van der Waals surface area (Å²) in [5.41, 5.74) is 9.18. The first-order valence-corrected chi connectivity index (χ1v) is 4.91. The van der Waals surface area contributed by atoms with Gasteiger partial charge in [-0.2, -0.15) is 5.10 Å². The van der Waals surface area contributed by atoms with Gasteiger partial charge < -0.3 is 5.73 Å². The summed E-state index contributed by atoms with van der Waals surface area (Å²) in [6.45, 7) is 2.69. The van der Waals surface area contributed by atoms with E-state index in [4.69, 9.17) is 5.73 Å². The minimum atomic E-state index is 0.569. The molecule has 0 unspecified atom stereocenters. The van der Waals surface area contributed by atoms with Crippen LogP contribution >= 0.6 is 0 Å². The van der Waals surface area contributed by atoms with Gasteiger partial charge in [0.15, 0.2) is 0 Å². The summed E-state index contributed by atoms with van der Waals surface area (Å²) in [6, 6.07) is 6.22. The second kappa shape index (κ2) is 3.42. The fourth-order valence-electron chi connectivity index (χ4n) is 1.92. The molecular weight excluding hydrogens is 174 g/mol. The lowest BCUT2D eigenvalue weighted by Gasteiger charge is -2.00. The number of hydrogen-bond acceptors (Lipinski definition) is 2. The molecule has 0 aliphatic carbocycles. The molecule has 0 amide bonds. The molecule has 1 heterocycles. The number of nitrogens with two attached hydrogens (primary N) is 1. The Hall–Kier alpha value is -1.35. The molecule has 0 saturated carbocycles. The van der Waals surface area contributed by atoms with Crippen molar-refractivity contribution in [2.24, 2.45) is 12.8 Å². The van der Waals surface area contributed by atoms with E-state index in [9.17, 15) is 0 Å². The maximum atomic E-state index is 5.69. The first-order chi connectivity index (χ1) is 6.77. The van der Waals surface area contributed by atoms with Crippen LogP contribution in [-0.2, 0) is 20.0 Å². The minimum absolute atomic E-state index is 0.569. The monoisotopic (exact) mass is 189 g/mol. The molecule has 74 valence electrons. The highest BCUT2D eigenvalue weighted by atomic mass is 15.3. The molecule has 1 aromatic heterocycles. The van der Waals surface area contributed by atoms with Crippen molar-refractivity contribution in [3.05, 3.63) is 29.5 Å². The van der Waals surface area contributed by atoms with Crippen LogP contribution in [0.15, 0.2) is 18.2 Å². The van der Waals surface area contributed by atoms with Gasteiger partial charge in [-0.3, -0.25) is 4.68 Å². The van der Waals surface area contributed by atoms with Gasteiger partial charge >= 0.3 is 0 Å². The van der Waals surface area contributed by atoms with Gasteiger partial charge in [-0.25, -0.2) is 0 Å². The molecule has 0 saturated heterocycles. The maximum absolute atomic E-state index is 5.69. The fraction of sp³-hybridized carbons (Fsp3) is 0.364. The Bertz CT molecular complexity index is 457. The summed E-state index contributed by atoms with van der Waals surface area (Å²) in [5, 5.41) is 5.71. The maximum Gasteiger partial charge on any atom is 0.0726 e. The first-order valence-electron chi connectivity index (χ1n) is 4.91. The number of rotatable bonds is 2. The third-order valence-corrected chi connectivity index (χ3v) is 2.58. The third-order valence-electron chi connectivity index (χ3n) is 2.58. The van der Waals surface area contributed by atoms with E-state index in [2.05, 4.69) is 24.2 Å². The number of aromatic nitrogens is 2. The zero-order valence-corrected chi connectivity index (χ0v) is 8.62. The Balaban J connectivity index is 2.81. The van der Waals surface area contributed by atoms with Crippen molar-refractivity contribution in [3.8, 4) is 0 Å². The second-order valence-electron chi connectivity index (χ2n) is 3.44. The van der Waals surface area contributed by atoms with Crippen molar-refractivity contribution in [1.82, 2.24) is 9.78 Å². The van der Waals surface area contributed by atoms with Crippen LogP contribution in [0.1, 0.15) is 18.2 Å². The average Bonchev–Trinajstić information content (AvgIpc) is 2.55. The van der Waals surface area contributed by atoms with Crippen molar-refractivity contribution in [2.75, 3.05) is 0 Å². The Labute approximate surface area is 83.5 Å². The van der Waals surface area contributed by atoms with E-state index in [1.165, 1.54) is 10.9 Å². The standard InChI is InChI=1S/C11H15N3/c1-3-10-9-6-4-5-8(7-12)11(9)14(2)13-10/h4-6H,3,7,12H2,1-2H3. The van der Waals surface area contributed by atoms with Gasteiger partial charge in [-0.1, -0.05) is 25.1 Å². The summed E-state index contributed by atoms with van der Waals surface area (Å²) >= 11 is 0. The van der Waals surface area contributed by atoms with Crippen LogP contribution in [0.3, 0.4) is 0 Å². The molecule has 2 N–H and O–H groups in total. The molecule has 14 heavy (non-hydrogen) atoms. The van der Waals surface area contributed by atoms with Crippen LogP contribution in [0, 0.1) is 0 Å². The Morgan fingerprint density at radius 2 is 2.21 bits per heavy atom. The Kier molecular flexibility index (Phi) is 2.25. The molecule has 2 aromatic rings. The number of nitrogens with zero attached hydrogens (tertiary/aromatic N) is 2. The summed E-state index contributed by atoms with van der Waals surface area (Å²) in [7, 11) is 1.97. The molecular formula is C11H15N3. The van der Waals surface area contributed by atoms with Crippen LogP contribution in [0.5, 0.6) is 0 Å². The summed E-state index contributed by atoms with van der Waals surface area (Å²) in [5.74, 6) is 0. The normalized spacial score (nSPS) is 11.1. The molecule has 2 rings (SSSR count). The molecule has 0 atom stereocenters. The van der Waals surface area contributed by atoms with Crippen LogP contribution in [0.2, 0.25) is 0 Å². The molecule has 0 spiro atoms. The van der Waals surface area contributed by atoms with E-state index in [1.54, 1.807) is 0 Å². The predicted octanol–water partition coefficient (Wildman–Crippen LogP) is 1.59. The quantitative estimate of drug-likeness (QED) is 0.779. The van der Waals surface area contributed by atoms with Crippen molar-refractivity contribution in [3.63, 3.8) is 0 Å². The SMILES string of the molecule is CCc1nn(C)c2c(CN)cccc12. The molecule has 3 heteroatoms. The van der Waals surface area contributed by atoms with Crippen LogP contribution in [0.25, 0.3) is 10.9 Å². The minimum Gasteiger partial charge on any atom is -0.326 e. The van der Waals surface area contributed by atoms with Crippen LogP contribution < -0.4 is 5.73 Å². The van der Waals surface area contributed by atoms with Crippen molar-refractivity contribution in [2.45, 2.75) is 19.9 Å². The lowest BCUT2D eigenvalue weighted by molar-refractivity contribution is 0.766. The highest BCUT2D eigenvalue weighted by Gasteiger charge is 2.09. The van der Waals surface area contributed by atoms with Crippen molar-refractivity contribution in [1.29, 1.82) is 0 Å². The van der Waals surface area contributed by atoms with E-state index >= 15 is 0 Å². The van der Waals surface area contributed by atoms with Crippen molar-refractivity contribution >= 4 is 10.9 Å². The smallest absolute Gasteiger partial charge is 0.0726 e. The number of fused-ring (bicyclic) bond motifs is 1. The van der Waals surface area contributed by atoms with Gasteiger partial charge in [0, 0.05) is 19.0 Å². The zero-order valence-electron chi connectivity index (χ0n) is 8.62. The number of benzene rings is 1. The predicted molar refractivity (Wildman–Crippen MR) is 58.0 cm³/mol. The Morgan fingerprint density at radius 1 is 1.43 bits per heavy atom.